The van der Waals surface area contributed by atoms with Crippen molar-refractivity contribution in [1.29, 1.82) is 0 Å². The van der Waals surface area contributed by atoms with E-state index < -0.39 is 11.9 Å². The van der Waals surface area contributed by atoms with Crippen LogP contribution in [-0.4, -0.2) is 21.2 Å². The Morgan fingerprint density at radius 1 is 1.30 bits per heavy atom. The zero-order chi connectivity index (χ0) is 14.7. The predicted molar refractivity (Wildman–Crippen MR) is 74.0 cm³/mol. The van der Waals surface area contributed by atoms with Crippen molar-refractivity contribution in [3.05, 3.63) is 63.6 Å². The van der Waals surface area contributed by atoms with Gasteiger partial charge in [-0.1, -0.05) is 18.2 Å². The number of rotatable bonds is 4. The van der Waals surface area contributed by atoms with E-state index in [0.29, 0.717) is 16.7 Å². The van der Waals surface area contributed by atoms with Gasteiger partial charge < -0.3 is 15.2 Å². The molecular weight excluding hydrogens is 258 g/mol. The third-order valence-corrected chi connectivity index (χ3v) is 3.25. The van der Waals surface area contributed by atoms with E-state index in [9.17, 15) is 14.7 Å². The molecule has 3 N–H and O–H groups in total. The lowest BCUT2D eigenvalue weighted by atomic mass is 9.96. The predicted octanol–water partition coefficient (Wildman–Crippen LogP) is 1.86. The van der Waals surface area contributed by atoms with Crippen molar-refractivity contribution in [3.63, 3.8) is 0 Å². The number of phenols is 1. The topological polar surface area (TPSA) is 90.4 Å². The highest BCUT2D eigenvalue weighted by molar-refractivity contribution is 5.75. The molecule has 1 atom stereocenters. The number of carboxylic acids is 1. The fourth-order valence-electron chi connectivity index (χ4n) is 1.96. The van der Waals surface area contributed by atoms with Gasteiger partial charge >= 0.3 is 5.97 Å². The summed E-state index contributed by atoms with van der Waals surface area (Å²) in [4.78, 5) is 25.2. The molecule has 0 aliphatic heterocycles. The highest BCUT2D eigenvalue weighted by Gasteiger charge is 2.15. The van der Waals surface area contributed by atoms with Gasteiger partial charge in [-0.05, 0) is 30.2 Å². The highest BCUT2D eigenvalue weighted by Crippen LogP contribution is 2.25. The highest BCUT2D eigenvalue weighted by atomic mass is 16.4. The minimum atomic E-state index is -0.931. The lowest BCUT2D eigenvalue weighted by Gasteiger charge is -2.10. The first-order valence-corrected chi connectivity index (χ1v) is 6.20. The maximum atomic E-state index is 11.6. The van der Waals surface area contributed by atoms with E-state index in [-0.39, 0.29) is 17.7 Å². The molecule has 2 aromatic rings. The summed E-state index contributed by atoms with van der Waals surface area (Å²) in [6.07, 6.45) is 1.79. The van der Waals surface area contributed by atoms with Crippen molar-refractivity contribution >= 4 is 5.97 Å². The van der Waals surface area contributed by atoms with Crippen LogP contribution in [0.5, 0.6) is 5.75 Å². The number of H-pyrrole nitrogens is 1. The average Bonchev–Trinajstić information content (AvgIpc) is 2.42. The molecule has 2 rings (SSSR count). The van der Waals surface area contributed by atoms with Gasteiger partial charge in [0, 0.05) is 18.2 Å². The number of carboxylic acid groups (broad SMARTS) is 1. The van der Waals surface area contributed by atoms with Crippen molar-refractivity contribution < 1.29 is 15.0 Å². The van der Waals surface area contributed by atoms with Gasteiger partial charge in [-0.25, -0.2) is 0 Å². The van der Waals surface area contributed by atoms with Gasteiger partial charge in [0.25, 0.3) is 5.56 Å². The summed E-state index contributed by atoms with van der Waals surface area (Å²) < 4.78 is 0. The van der Waals surface area contributed by atoms with Crippen LogP contribution in [0.3, 0.4) is 0 Å². The second-order valence-corrected chi connectivity index (χ2v) is 4.65. The summed E-state index contributed by atoms with van der Waals surface area (Å²) in [6.45, 7) is 1.58. The lowest BCUT2D eigenvalue weighted by molar-refractivity contribution is -0.138. The largest absolute Gasteiger partial charge is 0.508 e. The lowest BCUT2D eigenvalue weighted by Crippen LogP contribution is -2.12. The van der Waals surface area contributed by atoms with E-state index in [0.717, 1.165) is 0 Å². The fourth-order valence-corrected chi connectivity index (χ4v) is 1.96. The number of pyridine rings is 1. The normalized spacial score (nSPS) is 12.1. The Bertz CT molecular complexity index is 690. The fraction of sp³-hybridized carbons (Fsp3) is 0.200. The Morgan fingerprint density at radius 3 is 2.70 bits per heavy atom. The summed E-state index contributed by atoms with van der Waals surface area (Å²) in [5.74, 6) is -1.54. The van der Waals surface area contributed by atoms with Crippen LogP contribution in [0.15, 0.2) is 41.3 Å². The smallest absolute Gasteiger partial charge is 0.310 e. The van der Waals surface area contributed by atoms with Crippen molar-refractivity contribution in [2.75, 3.05) is 0 Å². The van der Waals surface area contributed by atoms with Crippen LogP contribution < -0.4 is 5.56 Å². The molecule has 0 spiro atoms. The molecular formula is C15H15NO4. The van der Waals surface area contributed by atoms with Crippen LogP contribution in [0.1, 0.15) is 29.5 Å². The zero-order valence-corrected chi connectivity index (χ0v) is 11.0. The van der Waals surface area contributed by atoms with Crippen molar-refractivity contribution in [2.24, 2.45) is 0 Å². The maximum absolute atomic E-state index is 11.6. The number of aromatic nitrogens is 1. The van der Waals surface area contributed by atoms with Crippen LogP contribution >= 0.6 is 0 Å². The maximum Gasteiger partial charge on any atom is 0.310 e. The second-order valence-electron chi connectivity index (χ2n) is 4.65. The van der Waals surface area contributed by atoms with Crippen molar-refractivity contribution in [2.45, 2.75) is 19.3 Å². The summed E-state index contributed by atoms with van der Waals surface area (Å²) in [5.41, 5.74) is 1.43. The number of nitrogens with one attached hydrogen (secondary N) is 1. The molecule has 5 nitrogen and oxygen atoms in total. The molecule has 5 heteroatoms. The Labute approximate surface area is 115 Å². The van der Waals surface area contributed by atoms with Crippen molar-refractivity contribution in [1.82, 2.24) is 4.98 Å². The van der Waals surface area contributed by atoms with Gasteiger partial charge in [0.1, 0.15) is 5.75 Å². The first-order valence-electron chi connectivity index (χ1n) is 6.20. The molecule has 0 radical (unpaired) electrons. The molecule has 0 saturated heterocycles. The molecule has 0 saturated carbocycles. The zero-order valence-electron chi connectivity index (χ0n) is 11.0. The number of phenolic OH excluding ortho intramolecular Hbond substituents is 1. The number of aromatic amines is 1. The SMILES string of the molecule is CC(C(=O)O)c1ccc(O)c(Cc2ccc[nH]c2=O)c1. The number of carbonyl (C=O) groups is 1. The number of hydrogen-bond donors (Lipinski definition) is 3. The van der Waals surface area contributed by atoms with Crippen LogP contribution in [0.4, 0.5) is 0 Å². The molecule has 0 amide bonds. The first-order chi connectivity index (χ1) is 9.49. The Balaban J connectivity index is 2.37. The third-order valence-electron chi connectivity index (χ3n) is 3.25. The Hall–Kier alpha value is -2.56. The van der Waals surface area contributed by atoms with Crippen LogP contribution in [0.25, 0.3) is 0 Å². The number of aliphatic carboxylic acids is 1. The molecule has 20 heavy (non-hydrogen) atoms. The van der Waals surface area contributed by atoms with Crippen LogP contribution in [0, 0.1) is 0 Å². The Morgan fingerprint density at radius 2 is 2.05 bits per heavy atom. The standard InChI is InChI=1S/C15H15NO4/c1-9(15(19)20)10-4-5-13(17)12(7-10)8-11-3-2-6-16-14(11)18/h2-7,9,17H,8H2,1H3,(H,16,18)(H,19,20). The number of aromatic hydroxyl groups is 1. The minimum Gasteiger partial charge on any atom is -0.508 e. The average molecular weight is 273 g/mol. The number of hydrogen-bond acceptors (Lipinski definition) is 3. The quantitative estimate of drug-likeness (QED) is 0.793. The second kappa shape index (κ2) is 5.61. The summed E-state index contributed by atoms with van der Waals surface area (Å²) in [6, 6.07) is 8.04. The van der Waals surface area contributed by atoms with Crippen LogP contribution in [-0.2, 0) is 11.2 Å². The van der Waals surface area contributed by atoms with Crippen molar-refractivity contribution in [3.8, 4) is 5.75 Å². The molecule has 1 heterocycles. The van der Waals surface area contributed by atoms with Gasteiger partial charge in [-0.15, -0.1) is 0 Å². The third kappa shape index (κ3) is 2.88. The van der Waals surface area contributed by atoms with E-state index in [1.165, 1.54) is 12.3 Å². The van der Waals surface area contributed by atoms with Gasteiger partial charge in [0.05, 0.1) is 5.92 Å². The van der Waals surface area contributed by atoms with E-state index in [1.807, 2.05) is 0 Å². The van der Waals surface area contributed by atoms with E-state index in [2.05, 4.69) is 4.98 Å². The van der Waals surface area contributed by atoms with Crippen LogP contribution in [0.2, 0.25) is 0 Å². The van der Waals surface area contributed by atoms with Gasteiger partial charge in [0.2, 0.25) is 0 Å². The first kappa shape index (κ1) is 13.9. The van der Waals surface area contributed by atoms with Gasteiger partial charge in [-0.2, -0.15) is 0 Å². The summed E-state index contributed by atoms with van der Waals surface area (Å²) >= 11 is 0. The molecule has 0 bridgehead atoms. The Kier molecular flexibility index (Phi) is 3.89. The monoisotopic (exact) mass is 273 g/mol. The van der Waals surface area contributed by atoms with Gasteiger partial charge in [-0.3, -0.25) is 9.59 Å². The van der Waals surface area contributed by atoms with E-state index in [1.54, 1.807) is 31.2 Å². The molecule has 0 aliphatic rings. The molecule has 0 aliphatic carbocycles. The molecule has 0 fully saturated rings. The molecule has 104 valence electrons. The summed E-state index contributed by atoms with van der Waals surface area (Å²) in [5, 5.41) is 18.9. The minimum absolute atomic E-state index is 0.0505. The van der Waals surface area contributed by atoms with E-state index in [4.69, 9.17) is 5.11 Å². The van der Waals surface area contributed by atoms with Gasteiger partial charge in [0.15, 0.2) is 0 Å². The molecule has 1 aromatic heterocycles. The summed E-state index contributed by atoms with van der Waals surface area (Å²) in [7, 11) is 0. The molecule has 1 aromatic carbocycles. The van der Waals surface area contributed by atoms with E-state index >= 15 is 0 Å². The number of benzene rings is 1. The molecule has 1 unspecified atom stereocenters.